The number of nitriles is 1. The molecule has 0 aliphatic rings. The molecule has 0 radical (unpaired) electrons. The highest BCUT2D eigenvalue weighted by Gasteiger charge is 2.03. The molecule has 2 N–H and O–H groups in total. The molecule has 1 heterocycles. The summed E-state index contributed by atoms with van der Waals surface area (Å²) in [5.41, 5.74) is 7.20. The van der Waals surface area contributed by atoms with Crippen LogP contribution in [0.25, 0.3) is 0 Å². The zero-order valence-electron chi connectivity index (χ0n) is 8.52. The first-order valence-electron chi connectivity index (χ1n) is 4.79. The number of rotatable bonds is 2. The van der Waals surface area contributed by atoms with Gasteiger partial charge in [0.25, 0.3) is 0 Å². The first-order chi connectivity index (χ1) is 7.69. The SMILES string of the molecule is N#Cc1cc(N)n(Cc2ccc(F)cc2)c1. The lowest BCUT2D eigenvalue weighted by atomic mass is 10.2. The minimum atomic E-state index is -0.262. The van der Waals surface area contributed by atoms with E-state index in [0.717, 1.165) is 5.56 Å². The van der Waals surface area contributed by atoms with Gasteiger partial charge >= 0.3 is 0 Å². The van der Waals surface area contributed by atoms with Crippen LogP contribution in [0.5, 0.6) is 0 Å². The van der Waals surface area contributed by atoms with E-state index in [4.69, 9.17) is 11.0 Å². The molecule has 0 saturated heterocycles. The third-order valence-corrected chi connectivity index (χ3v) is 2.33. The van der Waals surface area contributed by atoms with Crippen LogP contribution in [0.1, 0.15) is 11.1 Å². The molecule has 80 valence electrons. The monoisotopic (exact) mass is 215 g/mol. The summed E-state index contributed by atoms with van der Waals surface area (Å²) in [5, 5.41) is 8.71. The molecule has 0 saturated carbocycles. The van der Waals surface area contributed by atoms with Crippen LogP contribution in [0.4, 0.5) is 10.2 Å². The van der Waals surface area contributed by atoms with Gasteiger partial charge in [-0.25, -0.2) is 4.39 Å². The second kappa shape index (κ2) is 4.07. The summed E-state index contributed by atoms with van der Waals surface area (Å²) < 4.78 is 14.4. The van der Waals surface area contributed by atoms with Gasteiger partial charge in [-0.1, -0.05) is 12.1 Å². The topological polar surface area (TPSA) is 54.7 Å². The Labute approximate surface area is 92.5 Å². The average Bonchev–Trinajstić information content (AvgIpc) is 2.63. The number of hydrogen-bond donors (Lipinski definition) is 1. The quantitative estimate of drug-likeness (QED) is 0.834. The van der Waals surface area contributed by atoms with Gasteiger partial charge in [0.15, 0.2) is 0 Å². The summed E-state index contributed by atoms with van der Waals surface area (Å²) >= 11 is 0. The van der Waals surface area contributed by atoms with Crippen LogP contribution in [0.2, 0.25) is 0 Å². The van der Waals surface area contributed by atoms with Gasteiger partial charge in [0.05, 0.1) is 5.56 Å². The molecule has 16 heavy (non-hydrogen) atoms. The van der Waals surface area contributed by atoms with Gasteiger partial charge in [-0.15, -0.1) is 0 Å². The van der Waals surface area contributed by atoms with Crippen LogP contribution in [0, 0.1) is 17.1 Å². The number of halogens is 1. The van der Waals surface area contributed by atoms with E-state index in [2.05, 4.69) is 0 Å². The Bertz CT molecular complexity index is 534. The number of benzene rings is 1. The van der Waals surface area contributed by atoms with Crippen molar-refractivity contribution in [2.24, 2.45) is 0 Å². The van der Waals surface area contributed by atoms with Crippen LogP contribution < -0.4 is 5.73 Å². The maximum Gasteiger partial charge on any atom is 0.123 e. The summed E-state index contributed by atoms with van der Waals surface area (Å²) in [6.45, 7) is 0.536. The number of nitrogen functional groups attached to an aromatic ring is 1. The molecule has 0 fully saturated rings. The summed E-state index contributed by atoms with van der Waals surface area (Å²) in [4.78, 5) is 0. The van der Waals surface area contributed by atoms with E-state index in [0.29, 0.717) is 17.9 Å². The predicted molar refractivity (Wildman–Crippen MR) is 59.1 cm³/mol. The summed E-state index contributed by atoms with van der Waals surface area (Å²) in [5.74, 6) is 0.266. The van der Waals surface area contributed by atoms with E-state index < -0.39 is 0 Å². The molecular formula is C12H10FN3. The zero-order chi connectivity index (χ0) is 11.5. The summed E-state index contributed by atoms with van der Waals surface area (Å²) in [7, 11) is 0. The number of anilines is 1. The molecule has 1 aromatic heterocycles. The fraction of sp³-hybridized carbons (Fsp3) is 0.0833. The molecule has 3 nitrogen and oxygen atoms in total. The Balaban J connectivity index is 2.24. The van der Waals surface area contributed by atoms with Crippen molar-refractivity contribution in [2.45, 2.75) is 6.54 Å². The number of nitrogens with two attached hydrogens (primary N) is 1. The standard InChI is InChI=1S/C12H10FN3/c13-11-3-1-9(2-4-11)7-16-8-10(6-14)5-12(16)15/h1-5,8H,7,15H2. The Morgan fingerprint density at radius 3 is 2.56 bits per heavy atom. The molecule has 2 rings (SSSR count). The van der Waals surface area contributed by atoms with Gasteiger partial charge in [-0.3, -0.25) is 0 Å². The van der Waals surface area contributed by atoms with Crippen molar-refractivity contribution in [3.05, 3.63) is 53.5 Å². The number of aromatic nitrogens is 1. The van der Waals surface area contributed by atoms with Crippen molar-refractivity contribution >= 4 is 5.82 Å². The third-order valence-electron chi connectivity index (χ3n) is 2.33. The number of nitrogens with zero attached hydrogens (tertiary/aromatic N) is 2. The minimum Gasteiger partial charge on any atom is -0.385 e. The van der Waals surface area contributed by atoms with Crippen LogP contribution >= 0.6 is 0 Å². The van der Waals surface area contributed by atoms with Gasteiger partial charge in [-0.05, 0) is 23.8 Å². The molecule has 0 atom stereocenters. The first kappa shape index (κ1) is 10.2. The van der Waals surface area contributed by atoms with Crippen molar-refractivity contribution in [3.63, 3.8) is 0 Å². The largest absolute Gasteiger partial charge is 0.385 e. The Morgan fingerprint density at radius 2 is 2.00 bits per heavy atom. The Morgan fingerprint density at radius 1 is 1.31 bits per heavy atom. The van der Waals surface area contributed by atoms with E-state index in [1.54, 1.807) is 29.0 Å². The van der Waals surface area contributed by atoms with Crippen LogP contribution in [-0.4, -0.2) is 4.57 Å². The molecule has 1 aromatic carbocycles. The van der Waals surface area contributed by atoms with Crippen molar-refractivity contribution in [3.8, 4) is 6.07 Å². The van der Waals surface area contributed by atoms with E-state index in [-0.39, 0.29) is 5.82 Å². The minimum absolute atomic E-state index is 0.262. The molecule has 0 spiro atoms. The van der Waals surface area contributed by atoms with Gasteiger partial charge in [0.1, 0.15) is 17.7 Å². The molecule has 0 aliphatic heterocycles. The maximum absolute atomic E-state index is 12.7. The van der Waals surface area contributed by atoms with Crippen LogP contribution in [-0.2, 0) is 6.54 Å². The fourth-order valence-electron chi connectivity index (χ4n) is 1.51. The highest BCUT2D eigenvalue weighted by molar-refractivity contribution is 5.42. The van der Waals surface area contributed by atoms with Gasteiger partial charge in [-0.2, -0.15) is 5.26 Å². The summed E-state index contributed by atoms with van der Waals surface area (Å²) in [6, 6.07) is 9.83. The molecule has 2 aromatic rings. The molecular weight excluding hydrogens is 205 g/mol. The lowest BCUT2D eigenvalue weighted by Gasteiger charge is -2.05. The van der Waals surface area contributed by atoms with Crippen molar-refractivity contribution in [2.75, 3.05) is 5.73 Å². The van der Waals surface area contributed by atoms with E-state index in [1.807, 2.05) is 6.07 Å². The smallest absolute Gasteiger partial charge is 0.123 e. The average molecular weight is 215 g/mol. The molecule has 0 unspecified atom stereocenters. The Hall–Kier alpha value is -2.28. The predicted octanol–water partition coefficient (Wildman–Crippen LogP) is 2.13. The zero-order valence-corrected chi connectivity index (χ0v) is 8.52. The van der Waals surface area contributed by atoms with E-state index in [9.17, 15) is 4.39 Å². The number of hydrogen-bond acceptors (Lipinski definition) is 2. The normalized spacial score (nSPS) is 10.0. The first-order valence-corrected chi connectivity index (χ1v) is 4.79. The lowest BCUT2D eigenvalue weighted by Crippen LogP contribution is -2.02. The van der Waals surface area contributed by atoms with Crippen molar-refractivity contribution < 1.29 is 4.39 Å². The van der Waals surface area contributed by atoms with Crippen LogP contribution in [0.3, 0.4) is 0 Å². The lowest BCUT2D eigenvalue weighted by molar-refractivity contribution is 0.626. The fourth-order valence-corrected chi connectivity index (χ4v) is 1.51. The third kappa shape index (κ3) is 2.04. The van der Waals surface area contributed by atoms with Crippen molar-refractivity contribution in [1.82, 2.24) is 4.57 Å². The van der Waals surface area contributed by atoms with Gasteiger partial charge in [0, 0.05) is 12.7 Å². The highest BCUT2D eigenvalue weighted by atomic mass is 19.1. The maximum atomic E-state index is 12.7. The van der Waals surface area contributed by atoms with Gasteiger partial charge < -0.3 is 10.3 Å². The molecule has 0 aliphatic carbocycles. The highest BCUT2D eigenvalue weighted by Crippen LogP contribution is 2.13. The molecule has 4 heteroatoms. The van der Waals surface area contributed by atoms with Crippen LogP contribution in [0.15, 0.2) is 36.5 Å². The molecule has 0 amide bonds. The van der Waals surface area contributed by atoms with Crippen molar-refractivity contribution in [1.29, 1.82) is 5.26 Å². The second-order valence-electron chi connectivity index (χ2n) is 3.52. The summed E-state index contributed by atoms with van der Waals surface area (Å²) in [6.07, 6.45) is 1.68. The second-order valence-corrected chi connectivity index (χ2v) is 3.52. The molecule has 0 bridgehead atoms. The van der Waals surface area contributed by atoms with E-state index in [1.165, 1.54) is 12.1 Å². The van der Waals surface area contributed by atoms with Gasteiger partial charge in [0.2, 0.25) is 0 Å². The van der Waals surface area contributed by atoms with E-state index >= 15 is 0 Å². The Kier molecular flexibility index (Phi) is 2.61.